The number of imidazole rings is 1. The number of aliphatic hydroxyl groups excluding tert-OH is 1. The number of hydrogen-bond donors (Lipinski definition) is 2. The van der Waals surface area contributed by atoms with Crippen molar-refractivity contribution in [1.29, 1.82) is 0 Å². The molecule has 0 saturated heterocycles. The Morgan fingerprint density at radius 3 is 2.60 bits per heavy atom. The van der Waals surface area contributed by atoms with Crippen molar-refractivity contribution in [3.05, 3.63) is 59.9 Å². The quantitative estimate of drug-likeness (QED) is 0.717. The molecule has 20 heavy (non-hydrogen) atoms. The summed E-state index contributed by atoms with van der Waals surface area (Å²) < 4.78 is 2.04. The highest BCUT2D eigenvalue weighted by atomic mass is 16.3. The second-order valence-corrected chi connectivity index (χ2v) is 4.94. The van der Waals surface area contributed by atoms with E-state index in [9.17, 15) is 5.11 Å². The summed E-state index contributed by atoms with van der Waals surface area (Å²) in [5, 5.41) is 10.4. The van der Waals surface area contributed by atoms with Crippen LogP contribution in [0.25, 0.3) is 11.0 Å². The van der Waals surface area contributed by atoms with E-state index in [1.165, 1.54) is 0 Å². The van der Waals surface area contributed by atoms with Crippen LogP contribution in [0.15, 0.2) is 48.5 Å². The molecule has 0 aliphatic carbocycles. The monoisotopic (exact) mass is 267 g/mol. The third kappa shape index (κ3) is 2.26. The summed E-state index contributed by atoms with van der Waals surface area (Å²) in [5.74, 6) is 0.903. The Morgan fingerprint density at radius 2 is 1.85 bits per heavy atom. The van der Waals surface area contributed by atoms with E-state index in [4.69, 9.17) is 5.73 Å². The average Bonchev–Trinajstić information content (AvgIpc) is 2.76. The second-order valence-electron chi connectivity index (χ2n) is 4.94. The van der Waals surface area contributed by atoms with Crippen molar-refractivity contribution in [1.82, 2.24) is 9.55 Å². The predicted octanol–water partition coefficient (Wildman–Crippen LogP) is 2.66. The van der Waals surface area contributed by atoms with Crippen LogP contribution in [-0.2, 0) is 6.54 Å². The molecular weight excluding hydrogens is 250 g/mol. The number of aromatic nitrogens is 2. The molecule has 1 aromatic heterocycles. The van der Waals surface area contributed by atoms with Crippen molar-refractivity contribution >= 4 is 16.7 Å². The van der Waals surface area contributed by atoms with Crippen LogP contribution >= 0.6 is 0 Å². The van der Waals surface area contributed by atoms with Crippen LogP contribution in [0.2, 0.25) is 0 Å². The summed E-state index contributed by atoms with van der Waals surface area (Å²) in [6.07, 6.45) is -0.577. The van der Waals surface area contributed by atoms with Gasteiger partial charge in [0.1, 0.15) is 5.82 Å². The molecule has 0 bridgehead atoms. The molecule has 4 nitrogen and oxygen atoms in total. The number of hydrogen-bond acceptors (Lipinski definition) is 3. The van der Waals surface area contributed by atoms with Crippen LogP contribution in [0.4, 0.5) is 5.69 Å². The molecule has 0 amide bonds. The first kappa shape index (κ1) is 12.7. The van der Waals surface area contributed by atoms with Crippen LogP contribution in [0, 0.1) is 6.92 Å². The highest BCUT2D eigenvalue weighted by Gasteiger charge is 2.13. The highest BCUT2D eigenvalue weighted by molar-refractivity contribution is 5.75. The molecule has 1 unspecified atom stereocenters. The number of aryl methyl sites for hydroxylation is 1. The summed E-state index contributed by atoms with van der Waals surface area (Å²) in [6.45, 7) is 2.44. The first-order valence-electron chi connectivity index (χ1n) is 6.60. The molecule has 0 radical (unpaired) electrons. The van der Waals surface area contributed by atoms with Gasteiger partial charge in [0.15, 0.2) is 0 Å². The van der Waals surface area contributed by atoms with Crippen molar-refractivity contribution in [3.63, 3.8) is 0 Å². The van der Waals surface area contributed by atoms with E-state index < -0.39 is 6.10 Å². The Labute approximate surface area is 117 Å². The average molecular weight is 267 g/mol. The molecule has 1 heterocycles. The number of aliphatic hydroxyl groups is 1. The van der Waals surface area contributed by atoms with Gasteiger partial charge >= 0.3 is 0 Å². The van der Waals surface area contributed by atoms with Crippen molar-refractivity contribution in [2.75, 3.05) is 5.73 Å². The zero-order valence-corrected chi connectivity index (χ0v) is 11.3. The van der Waals surface area contributed by atoms with E-state index in [0.29, 0.717) is 12.2 Å². The Bertz CT molecular complexity index is 731. The number of nitrogens with zero attached hydrogens (tertiary/aromatic N) is 2. The fraction of sp³-hybridized carbons (Fsp3) is 0.188. The third-order valence-corrected chi connectivity index (χ3v) is 3.52. The summed E-state index contributed by atoms with van der Waals surface area (Å²) in [4.78, 5) is 4.51. The summed E-state index contributed by atoms with van der Waals surface area (Å²) in [7, 11) is 0. The molecule has 0 aliphatic heterocycles. The zero-order chi connectivity index (χ0) is 14.1. The Kier molecular flexibility index (Phi) is 3.16. The van der Waals surface area contributed by atoms with Gasteiger partial charge in [0.05, 0.1) is 23.7 Å². The highest BCUT2D eigenvalue weighted by Crippen LogP contribution is 2.21. The molecule has 102 valence electrons. The van der Waals surface area contributed by atoms with E-state index in [2.05, 4.69) is 4.98 Å². The number of nitrogen functional groups attached to an aromatic ring is 1. The van der Waals surface area contributed by atoms with Crippen LogP contribution in [0.5, 0.6) is 0 Å². The minimum atomic E-state index is -0.577. The van der Waals surface area contributed by atoms with Gasteiger partial charge in [-0.2, -0.15) is 0 Å². The molecule has 2 aromatic carbocycles. The molecule has 1 atom stereocenters. The minimum Gasteiger partial charge on any atom is -0.399 e. The minimum absolute atomic E-state index is 0.482. The summed E-state index contributed by atoms with van der Waals surface area (Å²) in [6, 6.07) is 15.3. The van der Waals surface area contributed by atoms with Gasteiger partial charge in [-0.1, -0.05) is 24.3 Å². The Morgan fingerprint density at radius 1 is 1.15 bits per heavy atom. The smallest absolute Gasteiger partial charge is 0.106 e. The van der Waals surface area contributed by atoms with Crippen LogP contribution in [0.1, 0.15) is 17.5 Å². The van der Waals surface area contributed by atoms with E-state index in [1.54, 1.807) is 12.1 Å². The maximum Gasteiger partial charge on any atom is 0.106 e. The topological polar surface area (TPSA) is 64.1 Å². The molecule has 0 spiro atoms. The fourth-order valence-electron chi connectivity index (χ4n) is 2.42. The lowest BCUT2D eigenvalue weighted by Crippen LogP contribution is -2.10. The molecule has 0 saturated carbocycles. The van der Waals surface area contributed by atoms with Gasteiger partial charge in [0.2, 0.25) is 0 Å². The van der Waals surface area contributed by atoms with Gasteiger partial charge in [-0.25, -0.2) is 4.98 Å². The number of rotatable bonds is 3. The van der Waals surface area contributed by atoms with Gasteiger partial charge in [0.25, 0.3) is 0 Å². The number of nitrogens with two attached hydrogens (primary N) is 1. The van der Waals surface area contributed by atoms with Gasteiger partial charge in [-0.05, 0) is 36.8 Å². The molecule has 3 aromatic rings. The first-order chi connectivity index (χ1) is 9.65. The number of benzene rings is 2. The van der Waals surface area contributed by atoms with Gasteiger partial charge < -0.3 is 15.4 Å². The lowest BCUT2D eigenvalue weighted by molar-refractivity contribution is 0.157. The SMILES string of the molecule is Cc1nc2ccccc2n1CC(O)c1ccc(N)cc1. The number of para-hydroxylation sites is 2. The predicted molar refractivity (Wildman–Crippen MR) is 80.3 cm³/mol. The van der Waals surface area contributed by atoms with Crippen LogP contribution < -0.4 is 5.73 Å². The normalized spacial score (nSPS) is 12.7. The van der Waals surface area contributed by atoms with E-state index in [0.717, 1.165) is 22.4 Å². The Balaban J connectivity index is 1.92. The van der Waals surface area contributed by atoms with Gasteiger partial charge in [0, 0.05) is 5.69 Å². The maximum atomic E-state index is 10.4. The van der Waals surface area contributed by atoms with Crippen molar-refractivity contribution in [3.8, 4) is 0 Å². The first-order valence-corrected chi connectivity index (χ1v) is 6.60. The second kappa shape index (κ2) is 4.98. The lowest BCUT2D eigenvalue weighted by atomic mass is 10.1. The van der Waals surface area contributed by atoms with E-state index in [1.807, 2.05) is 47.9 Å². The van der Waals surface area contributed by atoms with Crippen LogP contribution in [-0.4, -0.2) is 14.7 Å². The zero-order valence-electron chi connectivity index (χ0n) is 11.3. The Hall–Kier alpha value is -2.33. The third-order valence-electron chi connectivity index (χ3n) is 3.52. The summed E-state index contributed by atoms with van der Waals surface area (Å²) in [5.41, 5.74) is 9.22. The number of anilines is 1. The fourth-order valence-corrected chi connectivity index (χ4v) is 2.42. The number of fused-ring (bicyclic) bond motifs is 1. The van der Waals surface area contributed by atoms with Crippen molar-refractivity contribution in [2.24, 2.45) is 0 Å². The van der Waals surface area contributed by atoms with Crippen LogP contribution in [0.3, 0.4) is 0 Å². The maximum absolute atomic E-state index is 10.4. The van der Waals surface area contributed by atoms with E-state index >= 15 is 0 Å². The summed E-state index contributed by atoms with van der Waals surface area (Å²) >= 11 is 0. The largest absolute Gasteiger partial charge is 0.399 e. The van der Waals surface area contributed by atoms with Crippen molar-refractivity contribution in [2.45, 2.75) is 19.6 Å². The van der Waals surface area contributed by atoms with Gasteiger partial charge in [-0.3, -0.25) is 0 Å². The molecular formula is C16H17N3O. The molecule has 4 heteroatoms. The molecule has 3 N–H and O–H groups in total. The molecule has 3 rings (SSSR count). The molecule has 0 fully saturated rings. The molecule has 0 aliphatic rings. The standard InChI is InChI=1S/C16H17N3O/c1-11-18-14-4-2-3-5-15(14)19(11)10-16(20)12-6-8-13(17)9-7-12/h2-9,16,20H,10,17H2,1H3. The lowest BCUT2D eigenvalue weighted by Gasteiger charge is -2.14. The van der Waals surface area contributed by atoms with E-state index in [-0.39, 0.29) is 0 Å². The van der Waals surface area contributed by atoms with Gasteiger partial charge in [-0.15, -0.1) is 0 Å². The van der Waals surface area contributed by atoms with Crippen molar-refractivity contribution < 1.29 is 5.11 Å².